The zero-order valence-corrected chi connectivity index (χ0v) is 20.7. The molecule has 0 bridgehead atoms. The number of nitrogens with zero attached hydrogens (tertiary/aromatic N) is 1. The normalized spacial score (nSPS) is 18.1. The predicted molar refractivity (Wildman–Crippen MR) is 139 cm³/mol. The monoisotopic (exact) mass is 478 g/mol. The Balaban J connectivity index is 0.000000214. The molecule has 1 saturated carbocycles. The predicted octanol–water partition coefficient (Wildman–Crippen LogP) is 4.42. The SMILES string of the molecule is C1CCCCC1.COC[C@@H]1Nc2ccccc2C[C@@H]1CCNC=O.N#Cc1ccc(C(N)=O)cc1. The largest absolute Gasteiger partial charge is 0.383 e. The van der Waals surface area contributed by atoms with Gasteiger partial charge in [0.15, 0.2) is 0 Å². The number of rotatable bonds is 7. The van der Waals surface area contributed by atoms with Crippen LogP contribution in [0.15, 0.2) is 48.5 Å². The second kappa shape index (κ2) is 16.3. The molecule has 2 aromatic rings. The highest BCUT2D eigenvalue weighted by atomic mass is 16.5. The van der Waals surface area contributed by atoms with Gasteiger partial charge in [0.2, 0.25) is 12.3 Å². The number of ether oxygens (including phenoxy) is 1. The topological polar surface area (TPSA) is 117 Å². The summed E-state index contributed by atoms with van der Waals surface area (Å²) < 4.78 is 5.28. The lowest BCUT2D eigenvalue weighted by molar-refractivity contribution is -0.109. The molecule has 0 radical (unpaired) electrons. The van der Waals surface area contributed by atoms with Gasteiger partial charge in [0.1, 0.15) is 0 Å². The van der Waals surface area contributed by atoms with Crippen molar-refractivity contribution in [1.82, 2.24) is 5.32 Å². The van der Waals surface area contributed by atoms with Gasteiger partial charge in [-0.25, -0.2) is 0 Å². The Kier molecular flexibility index (Phi) is 13.0. The van der Waals surface area contributed by atoms with Crippen LogP contribution in [0.3, 0.4) is 0 Å². The van der Waals surface area contributed by atoms with E-state index in [1.54, 1.807) is 19.2 Å². The first kappa shape index (κ1) is 27.9. The van der Waals surface area contributed by atoms with Crippen molar-refractivity contribution in [3.8, 4) is 6.07 Å². The summed E-state index contributed by atoms with van der Waals surface area (Å²) >= 11 is 0. The van der Waals surface area contributed by atoms with Gasteiger partial charge in [-0.05, 0) is 54.7 Å². The van der Waals surface area contributed by atoms with E-state index < -0.39 is 5.91 Å². The maximum atomic E-state index is 10.5. The number of primary amides is 1. The highest BCUT2D eigenvalue weighted by Gasteiger charge is 2.27. The fourth-order valence-corrected chi connectivity index (χ4v) is 4.34. The molecule has 2 aliphatic rings. The number of para-hydroxylation sites is 1. The van der Waals surface area contributed by atoms with Crippen molar-refractivity contribution in [2.24, 2.45) is 11.7 Å². The van der Waals surface area contributed by atoms with Gasteiger partial charge in [-0.2, -0.15) is 5.26 Å². The number of nitrogens with one attached hydrogen (secondary N) is 2. The molecule has 2 atom stereocenters. The molecule has 7 heteroatoms. The number of hydrogen-bond acceptors (Lipinski definition) is 5. The molecule has 0 saturated heterocycles. The minimum absolute atomic E-state index is 0.318. The molecule has 1 fully saturated rings. The summed E-state index contributed by atoms with van der Waals surface area (Å²) in [7, 11) is 1.73. The Morgan fingerprint density at radius 1 is 1.11 bits per heavy atom. The quantitative estimate of drug-likeness (QED) is 0.402. The number of nitrogens with two attached hydrogens (primary N) is 1. The van der Waals surface area contributed by atoms with E-state index in [9.17, 15) is 9.59 Å². The number of carbonyl (C=O) groups excluding carboxylic acids is 2. The molecule has 1 aliphatic carbocycles. The number of anilines is 1. The van der Waals surface area contributed by atoms with Crippen molar-refractivity contribution in [1.29, 1.82) is 5.26 Å². The van der Waals surface area contributed by atoms with E-state index in [2.05, 4.69) is 28.8 Å². The van der Waals surface area contributed by atoms with Crippen molar-refractivity contribution >= 4 is 18.0 Å². The highest BCUT2D eigenvalue weighted by Crippen LogP contribution is 2.30. The maximum absolute atomic E-state index is 10.5. The van der Waals surface area contributed by atoms with Crippen molar-refractivity contribution in [2.45, 2.75) is 57.4 Å². The van der Waals surface area contributed by atoms with Crippen molar-refractivity contribution in [3.63, 3.8) is 0 Å². The molecule has 1 heterocycles. The van der Waals surface area contributed by atoms with E-state index in [1.165, 1.54) is 61.9 Å². The second-order valence-electron chi connectivity index (χ2n) is 8.86. The number of amides is 2. The number of carbonyl (C=O) groups is 2. The third-order valence-corrected chi connectivity index (χ3v) is 6.30. The Morgan fingerprint density at radius 2 is 1.74 bits per heavy atom. The van der Waals surface area contributed by atoms with Gasteiger partial charge in [0.05, 0.1) is 24.3 Å². The van der Waals surface area contributed by atoms with Gasteiger partial charge in [-0.15, -0.1) is 0 Å². The molecule has 1 aliphatic heterocycles. The van der Waals surface area contributed by atoms with Gasteiger partial charge in [0, 0.05) is 24.9 Å². The summed E-state index contributed by atoms with van der Waals surface area (Å²) in [6.45, 7) is 1.41. The Labute approximate surface area is 209 Å². The molecule has 0 aromatic heterocycles. The van der Waals surface area contributed by atoms with Gasteiger partial charge >= 0.3 is 0 Å². The molecule has 2 amide bonds. The van der Waals surface area contributed by atoms with Crippen LogP contribution in [0, 0.1) is 17.2 Å². The molecule has 7 nitrogen and oxygen atoms in total. The fourth-order valence-electron chi connectivity index (χ4n) is 4.34. The van der Waals surface area contributed by atoms with Crippen molar-refractivity contribution in [3.05, 3.63) is 65.2 Å². The average Bonchev–Trinajstić information content (AvgIpc) is 2.91. The zero-order valence-electron chi connectivity index (χ0n) is 20.7. The standard InChI is InChI=1S/C14H20N2O2.C8H6N2O.C6H12/c1-18-9-14-12(6-7-15-10-17)8-11-4-2-3-5-13(11)16-14;9-5-6-1-3-7(4-2-6)8(10)11;1-2-4-6-5-3-1/h2-5,10,12,14,16H,6-9H2,1H3,(H,15,17);1-4H,(H2,10,11);1-6H2/t12-,14-;;/m0../s1. The molecular formula is C28H38N4O3. The third-order valence-electron chi connectivity index (χ3n) is 6.30. The van der Waals surface area contributed by atoms with Crippen LogP contribution >= 0.6 is 0 Å². The van der Waals surface area contributed by atoms with Crippen LogP contribution < -0.4 is 16.4 Å². The van der Waals surface area contributed by atoms with Gasteiger partial charge < -0.3 is 21.1 Å². The third kappa shape index (κ3) is 10.2. The first-order valence-electron chi connectivity index (χ1n) is 12.4. The lowest BCUT2D eigenvalue weighted by Crippen LogP contribution is -2.39. The van der Waals surface area contributed by atoms with Gasteiger partial charge in [0.25, 0.3) is 0 Å². The van der Waals surface area contributed by atoms with E-state index in [0.717, 1.165) is 25.8 Å². The smallest absolute Gasteiger partial charge is 0.248 e. The molecule has 188 valence electrons. The maximum Gasteiger partial charge on any atom is 0.248 e. The Bertz CT molecular complexity index is 924. The number of benzene rings is 2. The van der Waals surface area contributed by atoms with Crippen LogP contribution in [-0.2, 0) is 16.0 Å². The Morgan fingerprint density at radius 3 is 2.29 bits per heavy atom. The second-order valence-corrected chi connectivity index (χ2v) is 8.86. The van der Waals surface area contributed by atoms with Crippen LogP contribution in [0.4, 0.5) is 5.69 Å². The first-order valence-corrected chi connectivity index (χ1v) is 12.4. The minimum Gasteiger partial charge on any atom is -0.383 e. The number of fused-ring (bicyclic) bond motifs is 1. The summed E-state index contributed by atoms with van der Waals surface area (Å²) in [5.74, 6) is 0.0155. The lowest BCUT2D eigenvalue weighted by atomic mass is 9.85. The summed E-state index contributed by atoms with van der Waals surface area (Å²) in [6.07, 6.45) is 11.8. The van der Waals surface area contributed by atoms with Crippen LogP contribution in [0.1, 0.15) is 66.4 Å². The fraction of sp³-hybridized carbons (Fsp3) is 0.464. The van der Waals surface area contributed by atoms with Crippen LogP contribution in [0.2, 0.25) is 0 Å². The lowest BCUT2D eigenvalue weighted by Gasteiger charge is -2.34. The van der Waals surface area contributed by atoms with Crippen molar-refractivity contribution < 1.29 is 14.3 Å². The zero-order chi connectivity index (χ0) is 25.3. The van der Waals surface area contributed by atoms with E-state index in [1.807, 2.05) is 12.1 Å². The summed E-state index contributed by atoms with van der Waals surface area (Å²) in [5.41, 5.74) is 8.48. The minimum atomic E-state index is -0.477. The van der Waals surface area contributed by atoms with Crippen molar-refractivity contribution in [2.75, 3.05) is 25.6 Å². The van der Waals surface area contributed by atoms with E-state index in [4.69, 9.17) is 15.7 Å². The molecule has 0 spiro atoms. The van der Waals surface area contributed by atoms with Gasteiger partial charge in [-0.3, -0.25) is 9.59 Å². The molecular weight excluding hydrogens is 440 g/mol. The summed E-state index contributed by atoms with van der Waals surface area (Å²) in [5, 5.41) is 14.7. The number of methoxy groups -OCH3 is 1. The van der Waals surface area contributed by atoms with E-state index in [-0.39, 0.29) is 0 Å². The summed E-state index contributed by atoms with van der Waals surface area (Å²) in [6, 6.07) is 16.8. The van der Waals surface area contributed by atoms with E-state index in [0.29, 0.717) is 29.7 Å². The number of nitriles is 1. The number of hydrogen-bond donors (Lipinski definition) is 3. The average molecular weight is 479 g/mol. The van der Waals surface area contributed by atoms with Crippen LogP contribution in [-0.4, -0.2) is 38.6 Å². The van der Waals surface area contributed by atoms with E-state index >= 15 is 0 Å². The highest BCUT2D eigenvalue weighted by molar-refractivity contribution is 5.92. The summed E-state index contributed by atoms with van der Waals surface area (Å²) in [4.78, 5) is 20.8. The molecule has 4 rings (SSSR count). The van der Waals surface area contributed by atoms with Gasteiger partial charge in [-0.1, -0.05) is 56.7 Å². The molecule has 2 aromatic carbocycles. The molecule has 35 heavy (non-hydrogen) atoms. The van der Waals surface area contributed by atoms with Crippen LogP contribution in [0.5, 0.6) is 0 Å². The molecule has 0 unspecified atom stereocenters. The first-order chi connectivity index (χ1) is 17.1. The molecule has 4 N–H and O–H groups in total. The van der Waals surface area contributed by atoms with Crippen LogP contribution in [0.25, 0.3) is 0 Å². The Hall–Kier alpha value is -3.37.